The molecule has 6 atom stereocenters. The molecule has 11 heteroatoms. The van der Waals surface area contributed by atoms with Crippen LogP contribution in [-0.4, -0.2) is 70.8 Å². The number of hydrogen-bond donors (Lipinski definition) is 5. The fourth-order valence-corrected chi connectivity index (χ4v) is 9.35. The molecule has 0 spiro atoms. The highest BCUT2D eigenvalue weighted by Crippen LogP contribution is 2.58. The van der Waals surface area contributed by atoms with E-state index in [4.69, 9.17) is 0 Å². The molecule has 1 aliphatic rings. The number of rotatable bonds is 6. The average molecular weight is 562 g/mol. The number of benzene rings is 3. The van der Waals surface area contributed by atoms with Crippen molar-refractivity contribution in [2.24, 2.45) is 0 Å². The summed E-state index contributed by atoms with van der Waals surface area (Å²) < 4.78 is 42.1. The lowest BCUT2D eigenvalue weighted by atomic mass is 9.93. The number of aromatic nitrogens is 3. The summed E-state index contributed by atoms with van der Waals surface area (Å²) in [7, 11) is -1.38. The van der Waals surface area contributed by atoms with Gasteiger partial charge in [0.25, 0.3) is 0 Å². The fraction of sp³-hybridized carbons (Fsp3) is 0.357. The molecule has 0 radical (unpaired) electrons. The fourth-order valence-electron chi connectivity index (χ4n) is 5.67. The van der Waals surface area contributed by atoms with Crippen molar-refractivity contribution in [1.29, 1.82) is 0 Å². The highest BCUT2D eigenvalue weighted by atomic mass is 32.2. The summed E-state index contributed by atoms with van der Waals surface area (Å²) in [6.07, 6.45) is -1.10. The Labute approximate surface area is 225 Å². The van der Waals surface area contributed by atoms with Gasteiger partial charge in [-0.2, -0.15) is 0 Å². The molecule has 0 aliphatic carbocycles. The highest BCUT2D eigenvalue weighted by Gasteiger charge is 2.49. The molecular weight excluding hydrogens is 531 g/mol. The Morgan fingerprint density at radius 2 is 1.72 bits per heavy atom. The van der Waals surface area contributed by atoms with Gasteiger partial charge < -0.3 is 20.4 Å². The maximum atomic E-state index is 13.8. The maximum absolute atomic E-state index is 13.8. The summed E-state index contributed by atoms with van der Waals surface area (Å²) in [5.74, 6) is -4.19. The number of thiol groups is 1. The predicted octanol–water partition coefficient (Wildman–Crippen LogP) is 3.67. The number of nitrogens with zero attached hydrogens (tertiary/aromatic N) is 3. The first-order valence-corrected chi connectivity index (χ1v) is 14.2. The van der Waals surface area contributed by atoms with Crippen molar-refractivity contribution in [2.45, 2.75) is 48.2 Å². The van der Waals surface area contributed by atoms with Gasteiger partial charge in [-0.3, -0.25) is 0 Å². The van der Waals surface area contributed by atoms with Crippen molar-refractivity contribution in [2.75, 3.05) is 12.4 Å². The molecule has 1 aromatic heterocycles. The minimum Gasteiger partial charge on any atom is -0.395 e. The van der Waals surface area contributed by atoms with Crippen LogP contribution in [0.4, 0.5) is 13.2 Å². The van der Waals surface area contributed by atoms with E-state index in [0.29, 0.717) is 0 Å². The molecule has 0 amide bonds. The quantitative estimate of drug-likeness (QED) is 0.182. The second-order valence-corrected chi connectivity index (χ2v) is 13.0. The first-order chi connectivity index (χ1) is 18.5. The molecule has 1 saturated heterocycles. The summed E-state index contributed by atoms with van der Waals surface area (Å²) in [6, 6.07) is 14.1. The minimum atomic E-state index is -1.60. The van der Waals surface area contributed by atoms with E-state index in [-0.39, 0.29) is 17.0 Å². The van der Waals surface area contributed by atoms with E-state index in [0.717, 1.165) is 28.5 Å². The molecule has 39 heavy (non-hydrogen) atoms. The smallest absolute Gasteiger partial charge is 0.194 e. The maximum Gasteiger partial charge on any atom is 0.194 e. The number of hydrogen-bond acceptors (Lipinski definition) is 6. The zero-order chi connectivity index (χ0) is 28.1. The third-order valence-corrected chi connectivity index (χ3v) is 11.1. The van der Waals surface area contributed by atoms with Crippen LogP contribution >= 0.6 is 10.9 Å². The summed E-state index contributed by atoms with van der Waals surface area (Å²) in [6.45, 7) is 2.97. The van der Waals surface area contributed by atoms with E-state index in [2.05, 4.69) is 10.3 Å². The van der Waals surface area contributed by atoms with Gasteiger partial charge in [0.1, 0.15) is 11.7 Å². The van der Waals surface area contributed by atoms with Gasteiger partial charge in [-0.25, -0.2) is 28.7 Å². The van der Waals surface area contributed by atoms with E-state index in [9.17, 15) is 33.6 Å². The Kier molecular flexibility index (Phi) is 7.47. The van der Waals surface area contributed by atoms with Crippen molar-refractivity contribution in [3.05, 3.63) is 83.8 Å². The van der Waals surface area contributed by atoms with E-state index >= 15 is 0 Å². The first-order valence-electron chi connectivity index (χ1n) is 12.5. The third-order valence-electron chi connectivity index (χ3n) is 7.36. The first kappa shape index (κ1) is 27.6. The van der Waals surface area contributed by atoms with Crippen molar-refractivity contribution in [1.82, 2.24) is 15.0 Å². The Balaban J connectivity index is 1.51. The number of fused-ring (bicyclic) bond motifs is 1. The Morgan fingerprint density at radius 3 is 2.38 bits per heavy atom. The summed E-state index contributed by atoms with van der Waals surface area (Å²) >= 11 is 0. The predicted molar refractivity (Wildman–Crippen MR) is 144 cm³/mol. The van der Waals surface area contributed by atoms with E-state index in [1.807, 2.05) is 42.5 Å². The molecule has 1 aliphatic heterocycles. The van der Waals surface area contributed by atoms with Gasteiger partial charge in [0.15, 0.2) is 17.5 Å². The van der Waals surface area contributed by atoms with Gasteiger partial charge in [0.2, 0.25) is 0 Å². The van der Waals surface area contributed by atoms with Gasteiger partial charge >= 0.3 is 0 Å². The van der Waals surface area contributed by atoms with Crippen LogP contribution in [0.3, 0.4) is 0 Å². The molecule has 3 aromatic carbocycles. The van der Waals surface area contributed by atoms with Gasteiger partial charge in [-0.15, -0.1) is 5.10 Å². The summed E-state index contributed by atoms with van der Waals surface area (Å²) in [5.41, 5.74) is -0.416. The third kappa shape index (κ3) is 5.05. The lowest BCUT2D eigenvalue weighted by Gasteiger charge is -2.50. The molecular formula is C28H30F3N3O4S. The van der Waals surface area contributed by atoms with Gasteiger partial charge in [-0.1, -0.05) is 47.7 Å². The molecule has 0 bridgehead atoms. The van der Waals surface area contributed by atoms with Gasteiger partial charge in [0, 0.05) is 21.8 Å². The van der Waals surface area contributed by atoms with Crippen LogP contribution in [0.25, 0.3) is 22.0 Å². The minimum absolute atomic E-state index is 0.0192. The number of aliphatic hydroxyl groups is 4. The van der Waals surface area contributed by atoms with Crippen molar-refractivity contribution in [3.8, 4) is 11.3 Å². The van der Waals surface area contributed by atoms with Crippen molar-refractivity contribution in [3.63, 3.8) is 0 Å². The SMILES string of the molecule is CC(C)(O)C(c1cccc2ccccc12)[SH]1C[C@H](O)[C@H](n2cc(-c3cc(F)c(F)c(F)c3)nn2)[C@@H](O)[C@H]1CO. The molecule has 0 saturated carbocycles. The highest BCUT2D eigenvalue weighted by molar-refractivity contribution is 8.18. The zero-order valence-corrected chi connectivity index (χ0v) is 22.2. The Hall–Kier alpha value is -2.96. The van der Waals surface area contributed by atoms with Crippen LogP contribution in [0.15, 0.2) is 60.8 Å². The normalized spacial score (nSPS) is 25.6. The molecule has 4 N–H and O–H groups in total. The van der Waals surface area contributed by atoms with E-state index in [1.54, 1.807) is 13.8 Å². The summed E-state index contributed by atoms with van der Waals surface area (Å²) in [4.78, 5) is 0. The molecule has 7 nitrogen and oxygen atoms in total. The molecule has 208 valence electrons. The average Bonchev–Trinajstić information content (AvgIpc) is 3.36. The summed E-state index contributed by atoms with van der Waals surface area (Å²) in [5, 5.41) is 53.2. The van der Waals surface area contributed by atoms with E-state index in [1.165, 1.54) is 10.9 Å². The Bertz CT molecular complexity index is 1470. The van der Waals surface area contributed by atoms with Crippen molar-refractivity contribution < 1.29 is 33.6 Å². The number of halogens is 3. The zero-order valence-electron chi connectivity index (χ0n) is 21.3. The second kappa shape index (κ2) is 10.5. The monoisotopic (exact) mass is 561 g/mol. The number of aliphatic hydroxyl groups excluding tert-OH is 3. The van der Waals surface area contributed by atoms with Gasteiger partial charge in [0.05, 0.1) is 30.6 Å². The van der Waals surface area contributed by atoms with E-state index < -0.39 is 69.3 Å². The van der Waals surface area contributed by atoms with Crippen LogP contribution in [0, 0.1) is 17.5 Å². The van der Waals surface area contributed by atoms with Crippen LogP contribution in [0.2, 0.25) is 0 Å². The van der Waals surface area contributed by atoms with Crippen molar-refractivity contribution >= 4 is 21.7 Å². The molecule has 2 heterocycles. The van der Waals surface area contributed by atoms with Crippen LogP contribution in [0.5, 0.6) is 0 Å². The Morgan fingerprint density at radius 1 is 1.05 bits per heavy atom. The lowest BCUT2D eigenvalue weighted by molar-refractivity contribution is 0.00573. The molecule has 1 fully saturated rings. The van der Waals surface area contributed by atoms with Gasteiger partial charge in [-0.05, 0) is 42.3 Å². The molecule has 5 rings (SSSR count). The van der Waals surface area contributed by atoms with Crippen LogP contribution in [0.1, 0.15) is 30.7 Å². The molecule has 4 aromatic rings. The topological polar surface area (TPSA) is 112 Å². The molecule has 2 unspecified atom stereocenters. The lowest BCUT2D eigenvalue weighted by Crippen LogP contribution is -2.52. The van der Waals surface area contributed by atoms with Crippen LogP contribution in [-0.2, 0) is 0 Å². The largest absolute Gasteiger partial charge is 0.395 e. The second-order valence-electron chi connectivity index (χ2n) is 10.5. The standard InChI is InChI=1S/C28H30F3N3O4S/c1-28(2,38)27(18-9-5-7-15-6-3-4-8-17(15)18)39-14-22(36)25(26(37)23(39)13-35)34-12-21(32-33-34)16-10-19(29)24(31)20(30)11-16/h3-12,22-23,25-27,35-39H,13-14H2,1-2H3/t22-,23+,25-,26-,27?/m0/s1. The van der Waals surface area contributed by atoms with Crippen LogP contribution < -0.4 is 0 Å².